The van der Waals surface area contributed by atoms with Gasteiger partial charge in [-0.1, -0.05) is 13.0 Å². The van der Waals surface area contributed by atoms with E-state index in [1.54, 1.807) is 0 Å². The summed E-state index contributed by atoms with van der Waals surface area (Å²) in [4.78, 5) is 0. The topological polar surface area (TPSA) is 26.3 Å². The molecule has 66 valence electrons. The maximum Gasteiger partial charge on any atom is 0.202 e. The van der Waals surface area contributed by atoms with Crippen LogP contribution in [-0.2, 0) is 9.09 Å². The number of allylic oxidation sites excluding steroid dienone is 1. The van der Waals surface area contributed by atoms with E-state index in [-0.39, 0.29) is 0 Å². The molecule has 1 atom stereocenters. The second-order valence-electron chi connectivity index (χ2n) is 2.47. The first-order valence-corrected chi connectivity index (χ1v) is 5.92. The van der Waals surface area contributed by atoms with Crippen LogP contribution in [0.5, 0.6) is 0 Å². The molecule has 0 N–H and O–H groups in total. The summed E-state index contributed by atoms with van der Waals surface area (Å²) in [5.74, 6) is 0. The number of unbranched alkanes of at least 4 members (excludes halogenated alkanes) is 1. The minimum atomic E-state index is -2.26. The fourth-order valence-corrected chi connectivity index (χ4v) is 2.28. The van der Waals surface area contributed by atoms with Crippen molar-refractivity contribution < 1.29 is 9.09 Å². The average molecular weight is 176 g/mol. The van der Waals surface area contributed by atoms with Crippen LogP contribution in [0.4, 0.5) is 0 Å². The zero-order chi connectivity index (χ0) is 8.74. The van der Waals surface area contributed by atoms with Gasteiger partial charge in [-0.3, -0.25) is 4.57 Å². The van der Waals surface area contributed by atoms with E-state index in [0.29, 0.717) is 12.3 Å². The molecule has 0 aliphatic heterocycles. The zero-order valence-corrected chi connectivity index (χ0v) is 8.27. The molecule has 0 aliphatic rings. The first-order chi connectivity index (χ1) is 5.18. The van der Waals surface area contributed by atoms with Gasteiger partial charge < -0.3 is 4.52 Å². The molecule has 0 spiro atoms. The van der Waals surface area contributed by atoms with E-state index in [4.69, 9.17) is 4.52 Å². The minimum absolute atomic E-state index is 0.640. The summed E-state index contributed by atoms with van der Waals surface area (Å²) < 4.78 is 16.5. The SMILES string of the molecule is C=CCCCP(=O)(CC)OC. The molecule has 0 fully saturated rings. The Morgan fingerprint density at radius 3 is 2.64 bits per heavy atom. The maximum absolute atomic E-state index is 11.6. The summed E-state index contributed by atoms with van der Waals surface area (Å²) in [7, 11) is -0.733. The van der Waals surface area contributed by atoms with Crippen molar-refractivity contribution in [3.05, 3.63) is 12.7 Å². The molecule has 0 saturated carbocycles. The van der Waals surface area contributed by atoms with Crippen LogP contribution in [0.1, 0.15) is 19.8 Å². The molecule has 0 aromatic heterocycles. The summed E-state index contributed by atoms with van der Waals surface area (Å²) in [5.41, 5.74) is 0. The van der Waals surface area contributed by atoms with Crippen LogP contribution in [0.2, 0.25) is 0 Å². The Kier molecular flexibility index (Phi) is 5.53. The molecule has 0 heterocycles. The smallest absolute Gasteiger partial charge is 0.202 e. The highest BCUT2D eigenvalue weighted by molar-refractivity contribution is 7.58. The summed E-state index contributed by atoms with van der Waals surface area (Å²) in [6, 6.07) is 0. The quantitative estimate of drug-likeness (QED) is 0.353. The van der Waals surface area contributed by atoms with E-state index < -0.39 is 7.37 Å². The molecule has 0 aromatic carbocycles. The van der Waals surface area contributed by atoms with Crippen molar-refractivity contribution in [2.45, 2.75) is 19.8 Å². The molecule has 0 rings (SSSR count). The van der Waals surface area contributed by atoms with Crippen molar-refractivity contribution in [2.75, 3.05) is 19.4 Å². The summed E-state index contributed by atoms with van der Waals surface area (Å²) in [6.07, 6.45) is 5.01. The third-order valence-electron chi connectivity index (χ3n) is 1.72. The average Bonchev–Trinajstić information content (AvgIpc) is 2.05. The van der Waals surface area contributed by atoms with Gasteiger partial charge in [-0.05, 0) is 12.8 Å². The van der Waals surface area contributed by atoms with Crippen molar-refractivity contribution in [3.8, 4) is 0 Å². The van der Waals surface area contributed by atoms with Gasteiger partial charge in [-0.25, -0.2) is 0 Å². The molecular formula is C8H17O2P. The van der Waals surface area contributed by atoms with Crippen molar-refractivity contribution >= 4 is 7.37 Å². The third kappa shape index (κ3) is 4.39. The number of hydrogen-bond acceptors (Lipinski definition) is 2. The molecule has 2 nitrogen and oxygen atoms in total. The molecule has 0 radical (unpaired) electrons. The normalized spacial score (nSPS) is 15.8. The Balaban J connectivity index is 3.69. The molecule has 0 amide bonds. The van der Waals surface area contributed by atoms with E-state index in [1.165, 1.54) is 7.11 Å². The summed E-state index contributed by atoms with van der Waals surface area (Å²) >= 11 is 0. The van der Waals surface area contributed by atoms with Crippen molar-refractivity contribution in [3.63, 3.8) is 0 Å². The Morgan fingerprint density at radius 2 is 2.27 bits per heavy atom. The Hall–Kier alpha value is -0.0700. The lowest BCUT2D eigenvalue weighted by atomic mass is 10.3. The molecule has 11 heavy (non-hydrogen) atoms. The predicted molar refractivity (Wildman–Crippen MR) is 49.5 cm³/mol. The molecule has 1 unspecified atom stereocenters. The van der Waals surface area contributed by atoms with Gasteiger partial charge >= 0.3 is 0 Å². The fourth-order valence-electron chi connectivity index (χ4n) is 0.855. The lowest BCUT2D eigenvalue weighted by Crippen LogP contribution is -1.94. The minimum Gasteiger partial charge on any atom is -0.332 e. The monoisotopic (exact) mass is 176 g/mol. The molecule has 0 saturated heterocycles. The molecular weight excluding hydrogens is 159 g/mol. The molecule has 3 heteroatoms. The van der Waals surface area contributed by atoms with Crippen LogP contribution >= 0.6 is 7.37 Å². The van der Waals surface area contributed by atoms with Crippen LogP contribution in [0.3, 0.4) is 0 Å². The van der Waals surface area contributed by atoms with Gasteiger partial charge in [0, 0.05) is 19.4 Å². The van der Waals surface area contributed by atoms with Gasteiger partial charge in [0.25, 0.3) is 0 Å². The second-order valence-corrected chi connectivity index (χ2v) is 5.54. The second kappa shape index (κ2) is 5.56. The van der Waals surface area contributed by atoms with Crippen LogP contribution in [0, 0.1) is 0 Å². The van der Waals surface area contributed by atoms with Gasteiger partial charge in [0.05, 0.1) is 0 Å². The molecule has 0 aliphatic carbocycles. The standard InChI is InChI=1S/C8H17O2P/c1-4-6-7-8-11(9,5-2)10-3/h4H,1,5-8H2,2-3H3. The summed E-state index contributed by atoms with van der Waals surface area (Å²) in [6.45, 7) is 5.50. The molecule has 0 bridgehead atoms. The van der Waals surface area contributed by atoms with Gasteiger partial charge in [0.15, 0.2) is 0 Å². The largest absolute Gasteiger partial charge is 0.332 e. The van der Waals surface area contributed by atoms with Gasteiger partial charge in [0.1, 0.15) is 0 Å². The molecule has 0 aromatic rings. The Morgan fingerprint density at radius 1 is 1.64 bits per heavy atom. The summed E-state index contributed by atoms with van der Waals surface area (Å²) in [5, 5.41) is 0. The zero-order valence-electron chi connectivity index (χ0n) is 7.38. The lowest BCUT2D eigenvalue weighted by Gasteiger charge is -2.12. The highest BCUT2D eigenvalue weighted by atomic mass is 31.2. The van der Waals surface area contributed by atoms with Crippen molar-refractivity contribution in [1.29, 1.82) is 0 Å². The Labute approximate surface area is 69.1 Å². The van der Waals surface area contributed by atoms with Crippen LogP contribution in [-0.4, -0.2) is 19.4 Å². The van der Waals surface area contributed by atoms with Crippen LogP contribution < -0.4 is 0 Å². The third-order valence-corrected chi connectivity index (χ3v) is 4.35. The Bertz CT molecular complexity index is 146. The van der Waals surface area contributed by atoms with Crippen LogP contribution in [0.15, 0.2) is 12.7 Å². The predicted octanol–water partition coefficient (Wildman–Crippen LogP) is 2.90. The van der Waals surface area contributed by atoms with Gasteiger partial charge in [-0.15, -0.1) is 6.58 Å². The fraction of sp³-hybridized carbons (Fsp3) is 0.750. The lowest BCUT2D eigenvalue weighted by molar-refractivity contribution is 0.393. The van der Waals surface area contributed by atoms with E-state index >= 15 is 0 Å². The maximum atomic E-state index is 11.6. The van der Waals surface area contributed by atoms with E-state index in [2.05, 4.69) is 6.58 Å². The number of hydrogen-bond donors (Lipinski definition) is 0. The highest BCUT2D eigenvalue weighted by Gasteiger charge is 2.16. The van der Waals surface area contributed by atoms with Crippen molar-refractivity contribution in [1.82, 2.24) is 0 Å². The van der Waals surface area contributed by atoms with E-state index in [9.17, 15) is 4.57 Å². The van der Waals surface area contributed by atoms with E-state index in [0.717, 1.165) is 12.8 Å². The van der Waals surface area contributed by atoms with Crippen LogP contribution in [0.25, 0.3) is 0 Å². The van der Waals surface area contributed by atoms with Gasteiger partial charge in [-0.2, -0.15) is 0 Å². The first kappa shape index (κ1) is 10.9. The van der Waals surface area contributed by atoms with Crippen molar-refractivity contribution in [2.24, 2.45) is 0 Å². The highest BCUT2D eigenvalue weighted by Crippen LogP contribution is 2.46. The number of rotatable bonds is 6. The van der Waals surface area contributed by atoms with E-state index in [1.807, 2.05) is 13.0 Å². The van der Waals surface area contributed by atoms with Gasteiger partial charge in [0.2, 0.25) is 7.37 Å². The first-order valence-electron chi connectivity index (χ1n) is 3.93.